The fourth-order valence-corrected chi connectivity index (χ4v) is 1.17. The van der Waals surface area contributed by atoms with Crippen LogP contribution in [0, 0.1) is 0 Å². The van der Waals surface area contributed by atoms with Crippen molar-refractivity contribution < 1.29 is 5.11 Å². The number of anilines is 1. The minimum atomic E-state index is -0.501. The Kier molecular flexibility index (Phi) is 3.71. The summed E-state index contributed by atoms with van der Waals surface area (Å²) in [5.74, 6) is 0. The molecule has 5 nitrogen and oxygen atoms in total. The Balaban J connectivity index is 2.99. The van der Waals surface area contributed by atoms with Crippen LogP contribution in [0.2, 0.25) is 5.02 Å². The highest BCUT2D eigenvalue weighted by atomic mass is 35.5. The van der Waals surface area contributed by atoms with Crippen molar-refractivity contribution in [1.82, 2.24) is 10.2 Å². The summed E-state index contributed by atoms with van der Waals surface area (Å²) in [4.78, 5) is 11.1. The van der Waals surface area contributed by atoms with Gasteiger partial charge in [0, 0.05) is 0 Å². The second kappa shape index (κ2) is 4.63. The van der Waals surface area contributed by atoms with Crippen molar-refractivity contribution in [2.75, 3.05) is 11.9 Å². The Labute approximate surface area is 92.5 Å². The van der Waals surface area contributed by atoms with Crippen molar-refractivity contribution in [2.45, 2.75) is 25.8 Å². The Bertz CT molecular complexity index is 387. The van der Waals surface area contributed by atoms with E-state index in [-0.39, 0.29) is 11.6 Å². The number of hydrogen-bond donors (Lipinski definition) is 3. The van der Waals surface area contributed by atoms with Crippen molar-refractivity contribution in [3.8, 4) is 0 Å². The lowest BCUT2D eigenvalue weighted by Crippen LogP contribution is -2.38. The number of aromatic amines is 1. The van der Waals surface area contributed by atoms with E-state index in [4.69, 9.17) is 11.6 Å². The summed E-state index contributed by atoms with van der Waals surface area (Å²) < 4.78 is 0. The Morgan fingerprint density at radius 2 is 2.40 bits per heavy atom. The van der Waals surface area contributed by atoms with E-state index in [0.29, 0.717) is 12.1 Å². The van der Waals surface area contributed by atoms with Gasteiger partial charge in [-0.15, -0.1) is 0 Å². The fourth-order valence-electron chi connectivity index (χ4n) is 1.04. The van der Waals surface area contributed by atoms with Crippen molar-refractivity contribution in [2.24, 2.45) is 0 Å². The average Bonchev–Trinajstić information content (AvgIpc) is 2.25. The third-order valence-electron chi connectivity index (χ3n) is 2.36. The van der Waals surface area contributed by atoms with Crippen molar-refractivity contribution in [1.29, 1.82) is 0 Å². The van der Waals surface area contributed by atoms with Crippen LogP contribution >= 0.6 is 11.6 Å². The van der Waals surface area contributed by atoms with Crippen LogP contribution in [0.3, 0.4) is 0 Å². The lowest BCUT2D eigenvalue weighted by Gasteiger charge is -2.28. The highest BCUT2D eigenvalue weighted by Gasteiger charge is 2.22. The maximum absolute atomic E-state index is 11.1. The second-order valence-electron chi connectivity index (χ2n) is 3.62. The molecule has 0 aliphatic heterocycles. The molecule has 84 valence electrons. The van der Waals surface area contributed by atoms with E-state index < -0.39 is 11.1 Å². The van der Waals surface area contributed by atoms with E-state index >= 15 is 0 Å². The summed E-state index contributed by atoms with van der Waals surface area (Å²) in [7, 11) is 0. The van der Waals surface area contributed by atoms with Gasteiger partial charge in [0.25, 0.3) is 5.56 Å². The van der Waals surface area contributed by atoms with Gasteiger partial charge in [-0.05, 0) is 13.3 Å². The molecule has 1 rings (SSSR count). The number of aliphatic hydroxyl groups is 1. The summed E-state index contributed by atoms with van der Waals surface area (Å²) in [5.41, 5.74) is -0.518. The highest BCUT2D eigenvalue weighted by Crippen LogP contribution is 2.21. The Morgan fingerprint density at radius 3 is 2.93 bits per heavy atom. The lowest BCUT2D eigenvalue weighted by atomic mass is 10.0. The zero-order chi connectivity index (χ0) is 11.5. The third kappa shape index (κ3) is 2.70. The predicted octanol–water partition coefficient (Wildman–Crippen LogP) is 0.996. The van der Waals surface area contributed by atoms with Crippen LogP contribution in [0.25, 0.3) is 0 Å². The molecule has 1 heterocycles. The normalized spacial score (nSPS) is 14.7. The zero-order valence-corrected chi connectivity index (χ0v) is 9.43. The number of hydrogen-bond acceptors (Lipinski definition) is 4. The van der Waals surface area contributed by atoms with Gasteiger partial charge in [0.1, 0.15) is 5.02 Å². The molecule has 1 aromatic rings. The Morgan fingerprint density at radius 1 is 1.73 bits per heavy atom. The molecule has 0 fully saturated rings. The molecule has 1 atom stereocenters. The predicted molar refractivity (Wildman–Crippen MR) is 59.3 cm³/mol. The first-order chi connectivity index (χ1) is 7.02. The summed E-state index contributed by atoms with van der Waals surface area (Å²) in [6, 6.07) is 0. The van der Waals surface area contributed by atoms with Crippen LogP contribution in [-0.2, 0) is 0 Å². The molecule has 15 heavy (non-hydrogen) atoms. The maximum Gasteiger partial charge on any atom is 0.285 e. The zero-order valence-electron chi connectivity index (χ0n) is 8.67. The number of nitrogens with zero attached hydrogens (tertiary/aromatic N) is 1. The molecule has 0 radical (unpaired) electrons. The van der Waals surface area contributed by atoms with E-state index in [0.717, 1.165) is 0 Å². The van der Waals surface area contributed by atoms with Gasteiger partial charge in [-0.25, -0.2) is 5.10 Å². The largest absolute Gasteiger partial charge is 0.394 e. The molecular weight excluding hydrogens is 218 g/mol. The molecule has 6 heteroatoms. The molecule has 0 spiro atoms. The molecule has 0 aliphatic carbocycles. The first kappa shape index (κ1) is 12.0. The first-order valence-electron chi connectivity index (χ1n) is 4.64. The van der Waals surface area contributed by atoms with E-state index in [1.54, 1.807) is 0 Å². The molecule has 0 bridgehead atoms. The number of H-pyrrole nitrogens is 1. The third-order valence-corrected chi connectivity index (χ3v) is 2.74. The molecular formula is C9H14ClN3O2. The van der Waals surface area contributed by atoms with Crippen molar-refractivity contribution in [3.05, 3.63) is 21.6 Å². The van der Waals surface area contributed by atoms with Gasteiger partial charge in [0.15, 0.2) is 0 Å². The SMILES string of the molecule is CCC(C)(CO)Nc1cn[nH]c(=O)c1Cl. The maximum atomic E-state index is 11.1. The first-order valence-corrected chi connectivity index (χ1v) is 5.02. The number of aromatic nitrogens is 2. The van der Waals surface area contributed by atoms with E-state index in [2.05, 4.69) is 15.5 Å². The minimum Gasteiger partial charge on any atom is -0.394 e. The number of aliphatic hydroxyl groups excluding tert-OH is 1. The standard InChI is InChI=1S/C9H14ClN3O2/c1-3-9(2,5-14)12-6-4-11-13-8(15)7(6)10/h4,14H,3,5H2,1-2H3,(H2,12,13,15). The van der Waals surface area contributed by atoms with Gasteiger partial charge in [0.05, 0.1) is 24.0 Å². The van der Waals surface area contributed by atoms with Crippen LogP contribution in [0.1, 0.15) is 20.3 Å². The molecule has 1 unspecified atom stereocenters. The molecule has 1 aromatic heterocycles. The van der Waals surface area contributed by atoms with E-state index in [9.17, 15) is 9.90 Å². The van der Waals surface area contributed by atoms with Gasteiger partial charge in [-0.2, -0.15) is 5.10 Å². The molecule has 3 N–H and O–H groups in total. The monoisotopic (exact) mass is 231 g/mol. The smallest absolute Gasteiger partial charge is 0.285 e. The molecule has 0 aliphatic rings. The minimum absolute atomic E-state index is 0.0490. The van der Waals surface area contributed by atoms with Gasteiger partial charge in [0.2, 0.25) is 0 Å². The van der Waals surface area contributed by atoms with Crippen LogP contribution in [0.15, 0.2) is 11.0 Å². The number of nitrogens with one attached hydrogen (secondary N) is 2. The molecule has 0 amide bonds. The highest BCUT2D eigenvalue weighted by molar-refractivity contribution is 6.32. The topological polar surface area (TPSA) is 78.0 Å². The van der Waals surface area contributed by atoms with Crippen LogP contribution < -0.4 is 10.9 Å². The van der Waals surface area contributed by atoms with Crippen LogP contribution in [0.4, 0.5) is 5.69 Å². The van der Waals surface area contributed by atoms with Gasteiger partial charge >= 0.3 is 0 Å². The fraction of sp³-hybridized carbons (Fsp3) is 0.556. The summed E-state index contributed by atoms with van der Waals surface area (Å²) in [5, 5.41) is 18.1. The average molecular weight is 232 g/mol. The van der Waals surface area contributed by atoms with Gasteiger partial charge < -0.3 is 10.4 Å². The van der Waals surface area contributed by atoms with Crippen molar-refractivity contribution >= 4 is 17.3 Å². The summed E-state index contributed by atoms with van der Waals surface area (Å²) in [6.07, 6.45) is 2.12. The summed E-state index contributed by atoms with van der Waals surface area (Å²) in [6.45, 7) is 3.72. The number of halogens is 1. The van der Waals surface area contributed by atoms with E-state index in [1.807, 2.05) is 13.8 Å². The summed E-state index contributed by atoms with van der Waals surface area (Å²) >= 11 is 5.79. The Hall–Kier alpha value is -1.07. The van der Waals surface area contributed by atoms with Gasteiger partial charge in [-0.3, -0.25) is 4.79 Å². The molecule has 0 aromatic carbocycles. The molecule has 0 saturated heterocycles. The van der Waals surface area contributed by atoms with Crippen molar-refractivity contribution in [3.63, 3.8) is 0 Å². The second-order valence-corrected chi connectivity index (χ2v) is 4.00. The van der Waals surface area contributed by atoms with Crippen LogP contribution in [0.5, 0.6) is 0 Å². The quantitative estimate of drug-likeness (QED) is 0.722. The van der Waals surface area contributed by atoms with Gasteiger partial charge in [-0.1, -0.05) is 18.5 Å². The van der Waals surface area contributed by atoms with Crippen LogP contribution in [-0.4, -0.2) is 27.4 Å². The lowest BCUT2D eigenvalue weighted by molar-refractivity contribution is 0.219. The van der Waals surface area contributed by atoms with E-state index in [1.165, 1.54) is 6.20 Å². The molecule has 0 saturated carbocycles. The number of rotatable bonds is 4.